The van der Waals surface area contributed by atoms with Crippen molar-refractivity contribution in [2.45, 2.75) is 90.4 Å². The number of para-hydroxylation sites is 1. The van der Waals surface area contributed by atoms with Crippen molar-refractivity contribution in [3.63, 3.8) is 0 Å². The highest BCUT2D eigenvalue weighted by atomic mass is 16.6. The monoisotopic (exact) mass is 1470 g/mol. The summed E-state index contributed by atoms with van der Waals surface area (Å²) in [6, 6.07) is 36.0. The maximum absolute atomic E-state index is 14.2. The second-order valence-corrected chi connectivity index (χ2v) is 27.0. The largest absolute Gasteiger partial charge is 0.497 e. The lowest BCUT2D eigenvalue weighted by molar-refractivity contribution is -0.131. The number of nitrogens with one attached hydrogen (secondary N) is 3. The van der Waals surface area contributed by atoms with Crippen LogP contribution in [0.25, 0.3) is 22.4 Å². The fourth-order valence-corrected chi connectivity index (χ4v) is 13.5. The Balaban J connectivity index is 0.500. The lowest BCUT2D eigenvalue weighted by Crippen LogP contribution is -2.45. The molecule has 0 spiro atoms. The number of hydrogen-bond acceptors (Lipinski definition) is 20. The first kappa shape index (κ1) is 76.5. The van der Waals surface area contributed by atoms with Crippen LogP contribution in [0, 0.1) is 11.8 Å². The summed E-state index contributed by atoms with van der Waals surface area (Å²) in [5.41, 5.74) is 11.4. The molecule has 6 aliphatic rings. The molecule has 0 radical (unpaired) electrons. The van der Waals surface area contributed by atoms with Crippen LogP contribution in [0.5, 0.6) is 28.7 Å². The molecule has 6 amide bonds. The molecule has 0 unspecified atom stereocenters. The molecule has 12 rings (SSSR count). The van der Waals surface area contributed by atoms with E-state index in [1.54, 1.807) is 77.6 Å². The molecule has 0 bridgehead atoms. The van der Waals surface area contributed by atoms with Crippen molar-refractivity contribution in [2.75, 3.05) is 111 Å². The van der Waals surface area contributed by atoms with Gasteiger partial charge in [-0.05, 0) is 81.8 Å². The van der Waals surface area contributed by atoms with E-state index < -0.39 is 12.0 Å². The first-order valence-corrected chi connectivity index (χ1v) is 36.4. The zero-order valence-corrected chi connectivity index (χ0v) is 61.5. The molecule has 6 aromatic rings. The summed E-state index contributed by atoms with van der Waals surface area (Å²) in [5.74, 6) is -0.386. The number of methoxy groups -OCH3 is 3. The molecule has 108 heavy (non-hydrogen) atoms. The van der Waals surface area contributed by atoms with E-state index in [-0.39, 0.29) is 131 Å². The summed E-state index contributed by atoms with van der Waals surface area (Å²) in [4.78, 5) is 109. The van der Waals surface area contributed by atoms with Crippen molar-refractivity contribution in [1.82, 2.24) is 20.4 Å². The van der Waals surface area contributed by atoms with Crippen molar-refractivity contribution >= 4 is 98.8 Å². The summed E-state index contributed by atoms with van der Waals surface area (Å²) in [6.45, 7) is 9.20. The predicted octanol–water partition coefficient (Wildman–Crippen LogP) is 11.4. The maximum atomic E-state index is 14.2. The molecule has 0 fully saturated rings. The Kier molecular flexibility index (Phi) is 25.8. The smallest absolute Gasteiger partial charge is 0.260 e. The van der Waals surface area contributed by atoms with Crippen molar-refractivity contribution in [2.24, 2.45) is 32.0 Å². The Morgan fingerprint density at radius 1 is 0.565 bits per heavy atom. The van der Waals surface area contributed by atoms with E-state index in [4.69, 9.17) is 52.6 Å². The second-order valence-electron chi connectivity index (χ2n) is 27.0. The fraction of sp³-hybridized carbons (Fsp3) is 0.378. The number of amides is 6. The molecule has 26 nitrogen and oxygen atoms in total. The molecule has 0 saturated heterocycles. The van der Waals surface area contributed by atoms with Gasteiger partial charge in [0.25, 0.3) is 11.8 Å². The normalized spacial score (nSPS) is 16.4. The number of carbonyl (C=O) groups excluding carboxylic acids is 7. The fourth-order valence-electron chi connectivity index (χ4n) is 13.5. The van der Waals surface area contributed by atoms with E-state index in [2.05, 4.69) is 26.2 Å². The van der Waals surface area contributed by atoms with E-state index in [1.165, 1.54) is 14.2 Å². The van der Waals surface area contributed by atoms with Gasteiger partial charge < -0.3 is 73.3 Å². The molecule has 3 N–H and O–H groups in total. The number of fused-ring (bicyclic) bond motifs is 8. The number of nitrogens with zero attached hydrogens (tertiary/aromatic N) is 7. The maximum Gasteiger partial charge on any atom is 0.260 e. The number of ketones is 1. The van der Waals surface area contributed by atoms with E-state index in [9.17, 15) is 33.6 Å². The van der Waals surface area contributed by atoms with Gasteiger partial charge in [0.1, 0.15) is 11.4 Å². The Morgan fingerprint density at radius 3 is 1.70 bits per heavy atom. The molecule has 6 aromatic carbocycles. The topological polar surface area (TPSA) is 298 Å². The number of Topliss-reactive ketones (excluding diaryl/α,β-unsaturated/α-hetero) is 1. The number of anilines is 2. The highest BCUT2D eigenvalue weighted by molar-refractivity contribution is 6.08. The molecule has 0 aliphatic carbocycles. The third-order valence-corrected chi connectivity index (χ3v) is 19.3. The minimum absolute atomic E-state index is 0.0283. The lowest BCUT2D eigenvalue weighted by atomic mass is 9.92. The van der Waals surface area contributed by atoms with Crippen LogP contribution in [0.2, 0.25) is 0 Å². The van der Waals surface area contributed by atoms with Gasteiger partial charge in [-0.15, -0.1) is 0 Å². The molecule has 26 heteroatoms. The summed E-state index contributed by atoms with van der Waals surface area (Å²) in [5, 5.41) is 17.3. The van der Waals surface area contributed by atoms with Gasteiger partial charge in [-0.1, -0.05) is 87.5 Å². The molecule has 4 atom stereocenters. The third-order valence-electron chi connectivity index (χ3n) is 19.3. The predicted molar refractivity (Wildman–Crippen MR) is 407 cm³/mol. The number of azo groups is 1. The average Bonchev–Trinajstić information content (AvgIpc) is 1.54. The van der Waals surface area contributed by atoms with Crippen LogP contribution in [-0.4, -0.2) is 182 Å². The van der Waals surface area contributed by atoms with Gasteiger partial charge in [0.2, 0.25) is 23.6 Å². The number of rotatable bonds is 36. The minimum Gasteiger partial charge on any atom is -0.497 e. The number of ether oxygens (including phenoxy) is 9. The summed E-state index contributed by atoms with van der Waals surface area (Å²) >= 11 is 0. The van der Waals surface area contributed by atoms with Crippen molar-refractivity contribution in [3.8, 4) is 28.7 Å². The Bertz CT molecular complexity index is 4510. The molecule has 6 heterocycles. The SMILES string of the molecule is COc1ccc(C2=CN3C(=O)c4cc(OC)c(OCCCOc5cc6c(cc5OC)C(=O)N5C=C(c7ccc(NC(=O)[C@@H](C)CC(=O)[C@H](NC(=O)CCOCCOCCOCCOCCNC(=O)CCC(=O)N8Cc9ccccc9C9=C(N=NC9)c9ccccc98)C(C)C)cc7)C[C@@H]5C=N6)cc4N=C[C@H]3C2)cc1. The van der Waals surface area contributed by atoms with E-state index in [1.807, 2.05) is 111 Å². The van der Waals surface area contributed by atoms with Gasteiger partial charge in [-0.25, -0.2) is 0 Å². The first-order chi connectivity index (χ1) is 52.5. The highest BCUT2D eigenvalue weighted by Gasteiger charge is 2.37. The van der Waals surface area contributed by atoms with E-state index in [0.717, 1.165) is 61.7 Å². The quantitative estimate of drug-likeness (QED) is 0.0308. The van der Waals surface area contributed by atoms with Gasteiger partial charge in [0.15, 0.2) is 28.8 Å². The number of benzene rings is 6. The van der Waals surface area contributed by atoms with Crippen LogP contribution in [0.1, 0.15) is 114 Å². The molecule has 6 aliphatic heterocycles. The zero-order chi connectivity index (χ0) is 75.6. The van der Waals surface area contributed by atoms with Gasteiger partial charge in [-0.2, -0.15) is 10.2 Å². The molecule has 0 saturated carbocycles. The standard InChI is InChI=1S/C82H90N10O16/c1-51(2)78(88-76(95)26-30-103-32-34-105-36-37-106-35-33-104-31-27-83-75(94)24-25-77(96)92-48-55-12-7-8-13-62(55)66-47-86-89-79(66)63-14-9-10-15-69(63)92)70(93)38-52(3)80(97)87-58-20-16-53(17-21-58)56-39-59-45-84-67-43-73(71(101-5)41-64(67)81(98)90(59)49-56)107-28-11-29-108-74-44-68-65(42-72(74)102-6)82(99)91-50-57(40-60(91)46-85-68)54-18-22-61(100-4)23-19-54/h7-10,12-23,41-46,49-52,59-60,78H,11,24-40,47-48H2,1-6H3,(H,83,94)(H,87,97)(H,88,95)/t52-,59+,60+,78+/m0/s1. The van der Waals surface area contributed by atoms with E-state index >= 15 is 0 Å². The van der Waals surface area contributed by atoms with Crippen molar-refractivity contribution in [3.05, 3.63) is 173 Å². The van der Waals surface area contributed by atoms with Gasteiger partial charge in [0.05, 0.1) is 147 Å². The summed E-state index contributed by atoms with van der Waals surface area (Å²) in [6.07, 6.45) is 8.83. The van der Waals surface area contributed by atoms with Gasteiger partial charge in [-0.3, -0.25) is 43.5 Å². The first-order valence-electron chi connectivity index (χ1n) is 36.4. The minimum atomic E-state index is -0.801. The van der Waals surface area contributed by atoms with E-state index in [0.29, 0.717) is 110 Å². The van der Waals surface area contributed by atoms with Crippen LogP contribution in [0.4, 0.5) is 22.7 Å². The average molecular weight is 1470 g/mol. The van der Waals surface area contributed by atoms with Crippen LogP contribution in [0.3, 0.4) is 0 Å². The van der Waals surface area contributed by atoms with Gasteiger partial charge in [0, 0.05) is 111 Å². The summed E-state index contributed by atoms with van der Waals surface area (Å²) < 4.78 is 51.5. The molecular weight excluding hydrogens is 1380 g/mol. The highest BCUT2D eigenvalue weighted by Crippen LogP contribution is 2.44. The summed E-state index contributed by atoms with van der Waals surface area (Å²) in [7, 11) is 4.66. The van der Waals surface area contributed by atoms with Gasteiger partial charge >= 0.3 is 0 Å². The van der Waals surface area contributed by atoms with Crippen LogP contribution < -0.4 is 44.5 Å². The number of aliphatic imine (C=N–C) groups is 2. The van der Waals surface area contributed by atoms with Crippen LogP contribution in [0.15, 0.2) is 154 Å². The molecule has 564 valence electrons. The second kappa shape index (κ2) is 36.4. The zero-order valence-electron chi connectivity index (χ0n) is 61.5. The van der Waals surface area contributed by atoms with Crippen molar-refractivity contribution < 1.29 is 76.2 Å². The Labute approximate surface area is 627 Å². The third kappa shape index (κ3) is 18.6. The molecular formula is C82H90N10O16. The Hall–Kier alpha value is -11.2. The van der Waals surface area contributed by atoms with Crippen LogP contribution >= 0.6 is 0 Å². The molecule has 0 aromatic heterocycles. The van der Waals surface area contributed by atoms with Crippen molar-refractivity contribution in [1.29, 1.82) is 0 Å². The number of hydrogen-bond donors (Lipinski definition) is 3. The van der Waals surface area contributed by atoms with Crippen LogP contribution in [-0.2, 0) is 49.5 Å². The Morgan fingerprint density at radius 2 is 1.12 bits per heavy atom. The lowest BCUT2D eigenvalue weighted by Gasteiger charge is -2.28. The number of carbonyl (C=O) groups is 7.